The standard InChI is InChI=1S/C28H30BrClN3O9P/c1-28(2,26(36)39-16-18-6-4-3-5-7-18)32-43(38,42-21-10-8-20(30)9-11-21)40-17-23-22(34)14-24(41-23)33-15-19(12-13-29)25(35)31-27(33)37/h3-13,15,22-24,34H,14,16-17H2,1-2H3,(H,32,38)(H,31,35,37)/b13-12+/t22?,23-,24-,43?/m1/s1. The van der Waals surface area contributed by atoms with E-state index in [2.05, 4.69) is 26.0 Å². The second-order valence-electron chi connectivity index (χ2n) is 10.1. The van der Waals surface area contributed by atoms with E-state index in [1.807, 2.05) is 18.2 Å². The molecule has 15 heteroatoms. The van der Waals surface area contributed by atoms with Gasteiger partial charge in [-0.25, -0.2) is 9.36 Å². The van der Waals surface area contributed by atoms with E-state index in [1.165, 1.54) is 55.4 Å². The molecule has 0 aliphatic carbocycles. The fraction of sp³-hybridized carbons (Fsp3) is 0.321. The fourth-order valence-corrected chi connectivity index (χ4v) is 6.21. The highest BCUT2D eigenvalue weighted by Crippen LogP contribution is 2.47. The van der Waals surface area contributed by atoms with Crippen LogP contribution in [0.5, 0.6) is 5.75 Å². The third kappa shape index (κ3) is 8.76. The number of benzene rings is 2. The molecule has 0 amide bonds. The molecule has 43 heavy (non-hydrogen) atoms. The smallest absolute Gasteiger partial charge is 0.459 e. The van der Waals surface area contributed by atoms with Gasteiger partial charge in [0.1, 0.15) is 30.2 Å². The van der Waals surface area contributed by atoms with Crippen molar-refractivity contribution >= 4 is 47.3 Å². The molecule has 1 saturated heterocycles. The molecule has 2 heterocycles. The van der Waals surface area contributed by atoms with Gasteiger partial charge in [0.05, 0.1) is 18.3 Å². The summed E-state index contributed by atoms with van der Waals surface area (Å²) in [6.45, 7) is 2.46. The van der Waals surface area contributed by atoms with Gasteiger partial charge in [-0.1, -0.05) is 57.9 Å². The number of aromatic amines is 1. The Balaban J connectivity index is 1.50. The monoisotopic (exact) mass is 697 g/mol. The maximum Gasteiger partial charge on any atom is 0.459 e. The molecule has 2 aromatic carbocycles. The Morgan fingerprint density at radius 1 is 1.23 bits per heavy atom. The number of nitrogens with zero attached hydrogens (tertiary/aromatic N) is 1. The topological polar surface area (TPSA) is 158 Å². The van der Waals surface area contributed by atoms with E-state index in [1.54, 1.807) is 12.1 Å². The third-order valence-corrected chi connectivity index (χ3v) is 8.63. The van der Waals surface area contributed by atoms with Gasteiger partial charge in [0, 0.05) is 17.6 Å². The normalized spacial score (nSPS) is 20.2. The van der Waals surface area contributed by atoms with Crippen LogP contribution in [0.4, 0.5) is 0 Å². The molecule has 0 spiro atoms. The van der Waals surface area contributed by atoms with Gasteiger partial charge in [0.2, 0.25) is 0 Å². The Labute approximate surface area is 260 Å². The lowest BCUT2D eigenvalue weighted by Gasteiger charge is -2.30. The molecule has 12 nitrogen and oxygen atoms in total. The fourth-order valence-electron chi connectivity index (χ4n) is 4.12. The molecule has 1 aliphatic heterocycles. The highest BCUT2D eigenvalue weighted by atomic mass is 79.9. The average Bonchev–Trinajstić information content (AvgIpc) is 3.33. The van der Waals surface area contributed by atoms with E-state index < -0.39 is 55.5 Å². The summed E-state index contributed by atoms with van der Waals surface area (Å²) in [5.41, 5.74) is -1.92. The summed E-state index contributed by atoms with van der Waals surface area (Å²) in [7, 11) is -4.35. The predicted molar refractivity (Wildman–Crippen MR) is 163 cm³/mol. The molecule has 2 unspecified atom stereocenters. The second kappa shape index (κ2) is 14.2. The van der Waals surface area contributed by atoms with Gasteiger partial charge in [0.15, 0.2) is 0 Å². The minimum absolute atomic E-state index is 0.00521. The molecule has 4 atom stereocenters. The van der Waals surface area contributed by atoms with Crippen LogP contribution in [0, 0.1) is 0 Å². The van der Waals surface area contributed by atoms with Crippen molar-refractivity contribution in [3.63, 3.8) is 0 Å². The Hall–Kier alpha value is -3.03. The van der Waals surface area contributed by atoms with Gasteiger partial charge >= 0.3 is 19.4 Å². The zero-order valence-corrected chi connectivity index (χ0v) is 26.4. The third-order valence-electron chi connectivity index (χ3n) is 6.34. The van der Waals surface area contributed by atoms with Crippen molar-refractivity contribution in [2.24, 2.45) is 0 Å². The lowest BCUT2D eigenvalue weighted by Crippen LogP contribution is -2.47. The molecule has 0 radical (unpaired) electrons. The second-order valence-corrected chi connectivity index (χ2v) is 12.7. The first-order valence-electron chi connectivity index (χ1n) is 13.1. The number of carbonyl (C=O) groups is 1. The number of hydrogen-bond acceptors (Lipinski definition) is 9. The number of carbonyl (C=O) groups excluding carboxylic acids is 1. The molecule has 3 N–H and O–H groups in total. The van der Waals surface area contributed by atoms with E-state index in [-0.39, 0.29) is 24.3 Å². The first-order chi connectivity index (χ1) is 20.4. The van der Waals surface area contributed by atoms with Crippen molar-refractivity contribution in [1.82, 2.24) is 14.6 Å². The van der Waals surface area contributed by atoms with Crippen LogP contribution in [-0.4, -0.2) is 45.0 Å². The van der Waals surface area contributed by atoms with Crippen LogP contribution in [0.1, 0.15) is 37.6 Å². The van der Waals surface area contributed by atoms with Crippen LogP contribution in [0.25, 0.3) is 6.08 Å². The quantitative estimate of drug-likeness (QED) is 0.182. The Morgan fingerprint density at radius 3 is 2.60 bits per heavy atom. The summed E-state index contributed by atoms with van der Waals surface area (Å²) in [5.74, 6) is -0.588. The zero-order valence-electron chi connectivity index (χ0n) is 23.1. The number of aliphatic hydroxyl groups is 1. The van der Waals surface area contributed by atoms with Crippen LogP contribution in [-0.2, 0) is 30.0 Å². The lowest BCUT2D eigenvalue weighted by molar-refractivity contribution is -0.151. The summed E-state index contributed by atoms with van der Waals surface area (Å²) in [5, 5.41) is 13.8. The largest absolute Gasteiger partial charge is 0.459 e. The van der Waals surface area contributed by atoms with Gasteiger partial charge in [-0.3, -0.25) is 23.7 Å². The van der Waals surface area contributed by atoms with E-state index in [4.69, 9.17) is 30.1 Å². The molecular formula is C28H30BrClN3O9P. The Kier molecular flexibility index (Phi) is 10.8. The number of aromatic nitrogens is 2. The van der Waals surface area contributed by atoms with Gasteiger partial charge in [0.25, 0.3) is 5.56 Å². The predicted octanol–water partition coefficient (Wildman–Crippen LogP) is 4.52. The number of halogens is 2. The summed E-state index contributed by atoms with van der Waals surface area (Å²) in [6.07, 6.45) is -0.403. The molecule has 0 saturated carbocycles. The van der Waals surface area contributed by atoms with E-state index >= 15 is 0 Å². The SMILES string of the molecule is CC(C)(NP(=O)(OC[C@H]1O[C@@H](n2cc(/C=C/Br)c(=O)[nH]c2=O)CC1O)Oc1ccc(Cl)cc1)C(=O)OCc1ccccc1. The average molecular weight is 699 g/mol. The van der Waals surface area contributed by atoms with Crippen molar-refractivity contribution in [3.05, 3.63) is 103 Å². The summed E-state index contributed by atoms with van der Waals surface area (Å²) >= 11 is 9.06. The van der Waals surface area contributed by atoms with Crippen LogP contribution in [0.15, 0.2) is 75.4 Å². The summed E-state index contributed by atoms with van der Waals surface area (Å²) in [6, 6.07) is 15.0. The minimum atomic E-state index is -4.35. The van der Waals surface area contributed by atoms with E-state index in [0.717, 1.165) is 10.1 Å². The molecule has 1 fully saturated rings. The number of aliphatic hydroxyl groups excluding tert-OH is 1. The highest BCUT2D eigenvalue weighted by molar-refractivity contribution is 9.11. The van der Waals surface area contributed by atoms with Crippen molar-refractivity contribution in [2.45, 2.75) is 50.8 Å². The van der Waals surface area contributed by atoms with Crippen molar-refractivity contribution in [1.29, 1.82) is 0 Å². The zero-order chi connectivity index (χ0) is 31.2. The number of H-pyrrole nitrogens is 1. The lowest BCUT2D eigenvalue weighted by atomic mass is 10.1. The van der Waals surface area contributed by atoms with Crippen LogP contribution < -0.4 is 20.9 Å². The first-order valence-corrected chi connectivity index (χ1v) is 15.9. The molecule has 1 aliphatic rings. The van der Waals surface area contributed by atoms with Crippen molar-refractivity contribution in [2.75, 3.05) is 6.61 Å². The van der Waals surface area contributed by atoms with E-state index in [9.17, 15) is 24.1 Å². The number of rotatable bonds is 12. The van der Waals surface area contributed by atoms with Crippen LogP contribution in [0.3, 0.4) is 0 Å². The summed E-state index contributed by atoms with van der Waals surface area (Å²) in [4.78, 5) is 41.1. The Bertz CT molecular complexity index is 1610. The minimum Gasteiger partial charge on any atom is -0.459 e. The molecule has 3 aromatic rings. The van der Waals surface area contributed by atoms with E-state index in [0.29, 0.717) is 5.02 Å². The molecular weight excluding hydrogens is 669 g/mol. The summed E-state index contributed by atoms with van der Waals surface area (Å²) < 4.78 is 37.9. The van der Waals surface area contributed by atoms with Crippen LogP contribution >= 0.6 is 35.3 Å². The number of esters is 1. The highest BCUT2D eigenvalue weighted by Gasteiger charge is 2.43. The maximum atomic E-state index is 14.0. The molecule has 1 aromatic heterocycles. The van der Waals surface area contributed by atoms with Crippen LogP contribution in [0.2, 0.25) is 5.02 Å². The maximum absolute atomic E-state index is 14.0. The van der Waals surface area contributed by atoms with Gasteiger partial charge in [-0.15, -0.1) is 0 Å². The molecule has 4 rings (SSSR count). The van der Waals surface area contributed by atoms with Crippen molar-refractivity contribution < 1.29 is 33.0 Å². The number of ether oxygens (including phenoxy) is 2. The molecule has 0 bridgehead atoms. The molecule has 230 valence electrons. The first kappa shape index (κ1) is 32.9. The number of hydrogen-bond donors (Lipinski definition) is 3. The Morgan fingerprint density at radius 2 is 1.93 bits per heavy atom. The van der Waals surface area contributed by atoms with Gasteiger partial charge in [-0.05, 0) is 54.7 Å². The van der Waals surface area contributed by atoms with Crippen molar-refractivity contribution in [3.8, 4) is 5.75 Å². The van der Waals surface area contributed by atoms with Gasteiger partial charge < -0.3 is 19.1 Å². The number of nitrogens with one attached hydrogen (secondary N) is 2. The van der Waals surface area contributed by atoms with Gasteiger partial charge in [-0.2, -0.15) is 5.09 Å².